The zero-order valence-corrected chi connectivity index (χ0v) is 13.6. The largest absolute Gasteiger partial charge is 0.427 e. The third-order valence-electron chi connectivity index (χ3n) is 3.91. The molecule has 0 bridgehead atoms. The molecule has 4 aromatic rings. The third kappa shape index (κ3) is 2.77. The number of carbonyl (C=O) groups excluding carboxylic acids is 1. The maximum absolute atomic E-state index is 12.4. The lowest BCUT2D eigenvalue weighted by Crippen LogP contribution is -2.06. The Balaban J connectivity index is 1.99. The number of fused-ring (bicyclic) bond motifs is 2. The fourth-order valence-corrected chi connectivity index (χ4v) is 2.85. The molecule has 0 unspecified atom stereocenters. The maximum Gasteiger partial charge on any atom is 0.344 e. The number of hydrogen-bond acceptors (Lipinski definition) is 6. The number of hydrogen-bond donors (Lipinski definition) is 0. The van der Waals surface area contributed by atoms with E-state index in [-0.39, 0.29) is 16.9 Å². The van der Waals surface area contributed by atoms with Crippen LogP contribution in [0.1, 0.15) is 6.92 Å². The van der Waals surface area contributed by atoms with Crippen LogP contribution >= 0.6 is 0 Å². The van der Waals surface area contributed by atoms with E-state index in [0.29, 0.717) is 16.5 Å². The summed E-state index contributed by atoms with van der Waals surface area (Å²) in [6.45, 7) is 1.27. The third-order valence-corrected chi connectivity index (χ3v) is 3.91. The average molecular weight is 348 g/mol. The van der Waals surface area contributed by atoms with Crippen molar-refractivity contribution in [3.63, 3.8) is 0 Å². The Morgan fingerprint density at radius 2 is 1.69 bits per heavy atom. The Morgan fingerprint density at radius 3 is 2.50 bits per heavy atom. The van der Waals surface area contributed by atoms with Crippen LogP contribution in [0.4, 0.5) is 0 Å². The Labute approximate surface area is 146 Å². The molecule has 2 aromatic carbocycles. The first-order valence-electron chi connectivity index (χ1n) is 7.81. The summed E-state index contributed by atoms with van der Waals surface area (Å²) in [5.41, 5.74) is 0.135. The molecule has 2 heterocycles. The quantitative estimate of drug-likeness (QED) is 0.313. The summed E-state index contributed by atoms with van der Waals surface area (Å²) >= 11 is 0. The zero-order valence-electron chi connectivity index (χ0n) is 13.6. The van der Waals surface area contributed by atoms with Crippen molar-refractivity contribution in [2.45, 2.75) is 6.92 Å². The first-order valence-corrected chi connectivity index (χ1v) is 7.81. The van der Waals surface area contributed by atoms with Gasteiger partial charge in [0.15, 0.2) is 0 Å². The van der Waals surface area contributed by atoms with Crippen molar-refractivity contribution in [1.29, 1.82) is 0 Å². The summed E-state index contributed by atoms with van der Waals surface area (Å²) in [6.07, 6.45) is 0. The van der Waals surface area contributed by atoms with Gasteiger partial charge in [0.25, 0.3) is 0 Å². The van der Waals surface area contributed by atoms with Crippen LogP contribution in [0.3, 0.4) is 0 Å². The van der Waals surface area contributed by atoms with Crippen LogP contribution in [-0.2, 0) is 4.79 Å². The molecule has 0 radical (unpaired) electrons. The van der Waals surface area contributed by atoms with Gasteiger partial charge in [-0.1, -0.05) is 18.2 Å². The fourth-order valence-electron chi connectivity index (χ4n) is 2.85. The van der Waals surface area contributed by atoms with Gasteiger partial charge >= 0.3 is 17.2 Å². The summed E-state index contributed by atoms with van der Waals surface area (Å²) in [4.78, 5) is 35.5. The van der Waals surface area contributed by atoms with Gasteiger partial charge in [0.2, 0.25) is 0 Å². The zero-order chi connectivity index (χ0) is 18.3. The molecule has 0 aliphatic rings. The van der Waals surface area contributed by atoms with Gasteiger partial charge in [0.05, 0.1) is 5.56 Å². The maximum atomic E-state index is 12.4. The summed E-state index contributed by atoms with van der Waals surface area (Å²) in [7, 11) is 0. The van der Waals surface area contributed by atoms with E-state index in [1.54, 1.807) is 30.3 Å². The minimum absolute atomic E-state index is 0.207. The second-order valence-corrected chi connectivity index (χ2v) is 5.72. The minimum atomic E-state index is -0.625. The highest BCUT2D eigenvalue weighted by atomic mass is 16.5. The molecule has 4 rings (SSSR count). The molecule has 0 saturated heterocycles. The van der Waals surface area contributed by atoms with E-state index in [1.165, 1.54) is 19.1 Å². The van der Waals surface area contributed by atoms with Gasteiger partial charge in [0.1, 0.15) is 16.9 Å². The molecule has 0 amide bonds. The highest BCUT2D eigenvalue weighted by molar-refractivity contribution is 5.95. The van der Waals surface area contributed by atoms with E-state index in [0.717, 1.165) is 5.39 Å². The van der Waals surface area contributed by atoms with Gasteiger partial charge in [-0.15, -0.1) is 0 Å². The van der Waals surface area contributed by atoms with E-state index >= 15 is 0 Å². The molecule has 0 aliphatic heterocycles. The Kier molecular flexibility index (Phi) is 3.65. The number of esters is 1. The van der Waals surface area contributed by atoms with Gasteiger partial charge in [-0.3, -0.25) is 4.79 Å². The predicted octanol–water partition coefficient (Wildman–Crippen LogP) is 3.49. The lowest BCUT2D eigenvalue weighted by molar-refractivity contribution is -0.131. The van der Waals surface area contributed by atoms with Crippen LogP contribution in [0, 0.1) is 0 Å². The fraction of sp³-hybridized carbons (Fsp3) is 0.0500. The SMILES string of the molecule is CC(=O)Oc1ccc2c(-c3cc4ccccc4oc3=O)cc(=O)oc2c1. The minimum Gasteiger partial charge on any atom is -0.427 e. The molecule has 26 heavy (non-hydrogen) atoms. The monoisotopic (exact) mass is 348 g/mol. The van der Waals surface area contributed by atoms with Crippen molar-refractivity contribution in [3.8, 4) is 16.9 Å². The van der Waals surface area contributed by atoms with Crippen LogP contribution in [0.25, 0.3) is 33.1 Å². The molecule has 0 spiro atoms. The normalized spacial score (nSPS) is 11.0. The Bertz CT molecular complexity index is 1280. The first kappa shape index (κ1) is 15.8. The van der Waals surface area contributed by atoms with Gasteiger partial charge in [0, 0.05) is 35.4 Å². The van der Waals surface area contributed by atoms with Crippen LogP contribution in [0.15, 0.2) is 73.0 Å². The summed E-state index contributed by atoms with van der Waals surface area (Å²) in [6, 6.07) is 14.7. The molecule has 6 heteroatoms. The van der Waals surface area contributed by atoms with E-state index in [9.17, 15) is 14.4 Å². The summed E-state index contributed by atoms with van der Waals surface area (Å²) in [5, 5.41) is 1.27. The van der Waals surface area contributed by atoms with Crippen LogP contribution in [0.2, 0.25) is 0 Å². The molecule has 0 fully saturated rings. The molecular weight excluding hydrogens is 336 g/mol. The molecule has 0 aliphatic carbocycles. The van der Waals surface area contributed by atoms with Crippen LogP contribution < -0.4 is 16.0 Å². The van der Waals surface area contributed by atoms with Crippen LogP contribution in [0.5, 0.6) is 5.75 Å². The van der Waals surface area contributed by atoms with Gasteiger partial charge in [-0.25, -0.2) is 9.59 Å². The summed E-state index contributed by atoms with van der Waals surface area (Å²) in [5.74, 6) is -0.242. The predicted molar refractivity (Wildman–Crippen MR) is 95.3 cm³/mol. The topological polar surface area (TPSA) is 86.7 Å². The van der Waals surface area contributed by atoms with Crippen molar-refractivity contribution in [2.24, 2.45) is 0 Å². The lowest BCUT2D eigenvalue weighted by atomic mass is 10.0. The summed E-state index contributed by atoms with van der Waals surface area (Å²) < 4.78 is 15.6. The molecule has 0 N–H and O–H groups in total. The molecule has 6 nitrogen and oxygen atoms in total. The van der Waals surface area contributed by atoms with Gasteiger partial charge < -0.3 is 13.6 Å². The first-order chi connectivity index (χ1) is 12.5. The van der Waals surface area contributed by atoms with E-state index in [4.69, 9.17) is 13.6 Å². The number of ether oxygens (including phenoxy) is 1. The smallest absolute Gasteiger partial charge is 0.344 e. The van der Waals surface area contributed by atoms with Crippen molar-refractivity contribution < 1.29 is 18.4 Å². The highest BCUT2D eigenvalue weighted by Gasteiger charge is 2.14. The Morgan fingerprint density at radius 1 is 0.885 bits per heavy atom. The number of rotatable bonds is 2. The van der Waals surface area contributed by atoms with Crippen molar-refractivity contribution in [3.05, 3.63) is 75.4 Å². The van der Waals surface area contributed by atoms with Crippen molar-refractivity contribution in [2.75, 3.05) is 0 Å². The van der Waals surface area contributed by atoms with E-state index < -0.39 is 17.2 Å². The van der Waals surface area contributed by atoms with E-state index in [2.05, 4.69) is 0 Å². The average Bonchev–Trinajstić information content (AvgIpc) is 2.59. The van der Waals surface area contributed by atoms with Crippen molar-refractivity contribution in [1.82, 2.24) is 0 Å². The molecule has 2 aromatic heterocycles. The Hall–Kier alpha value is -3.67. The number of carbonyl (C=O) groups is 1. The number of benzene rings is 2. The number of para-hydroxylation sites is 1. The van der Waals surface area contributed by atoms with Gasteiger partial charge in [-0.05, 0) is 24.3 Å². The highest BCUT2D eigenvalue weighted by Crippen LogP contribution is 2.29. The second kappa shape index (κ2) is 6.00. The standard InChI is InChI=1S/C20H12O6/c1-11(21)24-13-6-7-14-15(10-19(22)25-18(14)9-13)16-8-12-4-2-3-5-17(12)26-20(16)23/h2-10H,1H3. The van der Waals surface area contributed by atoms with Crippen molar-refractivity contribution >= 4 is 27.9 Å². The molecule has 128 valence electrons. The van der Waals surface area contributed by atoms with E-state index in [1.807, 2.05) is 12.1 Å². The lowest BCUT2D eigenvalue weighted by Gasteiger charge is -2.07. The molecule has 0 saturated carbocycles. The van der Waals surface area contributed by atoms with Crippen LogP contribution in [-0.4, -0.2) is 5.97 Å². The molecular formula is C20H12O6. The van der Waals surface area contributed by atoms with Gasteiger partial charge in [-0.2, -0.15) is 0 Å². The second-order valence-electron chi connectivity index (χ2n) is 5.72. The molecule has 0 atom stereocenters.